The molecule has 4 heteroatoms. The van der Waals surface area contributed by atoms with Crippen LogP contribution in [0.4, 0.5) is 0 Å². The minimum atomic E-state index is -1.54. The fourth-order valence-corrected chi connectivity index (χ4v) is 5.53. The first-order valence-electron chi connectivity index (χ1n) is 12.4. The van der Waals surface area contributed by atoms with Crippen molar-refractivity contribution >= 4 is 5.97 Å². The molecule has 0 spiro atoms. The number of likely N-dealkylation sites (N-methyl/N-ethyl adjacent to an activating group) is 1. The monoisotopic (exact) mass is 436 g/mol. The smallest absolute Gasteiger partial charge is 0.343 e. The lowest BCUT2D eigenvalue weighted by Gasteiger charge is -2.42. The molecule has 0 amide bonds. The number of aliphatic hydroxyl groups is 1. The third-order valence-corrected chi connectivity index (χ3v) is 7.76. The van der Waals surface area contributed by atoms with Crippen LogP contribution in [-0.4, -0.2) is 48.3 Å². The Hall–Kier alpha value is -2.17. The summed E-state index contributed by atoms with van der Waals surface area (Å²) < 4.78 is 7.03. The van der Waals surface area contributed by atoms with E-state index in [1.165, 1.54) is 12.0 Å². The van der Waals surface area contributed by atoms with E-state index in [1.54, 1.807) is 0 Å². The average molecular weight is 437 g/mol. The van der Waals surface area contributed by atoms with Gasteiger partial charge in [0.2, 0.25) is 0 Å². The van der Waals surface area contributed by atoms with E-state index >= 15 is 0 Å². The van der Waals surface area contributed by atoms with Gasteiger partial charge in [0.1, 0.15) is 6.10 Å². The molecule has 4 nitrogen and oxygen atoms in total. The molecule has 1 heterocycles. The summed E-state index contributed by atoms with van der Waals surface area (Å²) in [7, 11) is 2.31. The molecule has 2 aromatic carbocycles. The SMILES string of the molecule is C[N+]1(CCc2ccccc2)CCC(OC(=O)C(O)(c2ccccc2)C2CCCCC2)CC1. The molecule has 1 atom stereocenters. The van der Waals surface area contributed by atoms with Crippen LogP contribution in [0.3, 0.4) is 0 Å². The van der Waals surface area contributed by atoms with Gasteiger partial charge < -0.3 is 14.3 Å². The standard InChI is InChI=1S/C28H38NO3/c1-29(20-17-23-11-5-2-6-12-23)21-18-26(19-22-29)32-27(30)28(31,24-13-7-3-8-14-24)25-15-9-4-10-16-25/h2-3,5-8,11-14,25-26,31H,4,9-10,15-22H2,1H3/q+1. The van der Waals surface area contributed by atoms with Gasteiger partial charge in [-0.1, -0.05) is 79.9 Å². The van der Waals surface area contributed by atoms with Gasteiger partial charge in [0.05, 0.1) is 26.7 Å². The highest BCUT2D eigenvalue weighted by Crippen LogP contribution is 2.41. The molecule has 1 aliphatic carbocycles. The van der Waals surface area contributed by atoms with Crippen molar-refractivity contribution in [1.29, 1.82) is 0 Å². The zero-order chi connectivity index (χ0) is 22.4. The number of likely N-dealkylation sites (tertiary alicyclic amines) is 1. The Labute approximate surface area is 192 Å². The molecular weight excluding hydrogens is 398 g/mol. The molecular formula is C28H38NO3+. The van der Waals surface area contributed by atoms with Crippen LogP contribution in [0.15, 0.2) is 60.7 Å². The van der Waals surface area contributed by atoms with E-state index in [0.717, 1.165) is 69.1 Å². The average Bonchev–Trinajstić information content (AvgIpc) is 2.85. The first-order chi connectivity index (χ1) is 15.5. The van der Waals surface area contributed by atoms with Crippen LogP contribution in [0.1, 0.15) is 56.1 Å². The number of quaternary nitrogens is 1. The van der Waals surface area contributed by atoms with E-state index in [2.05, 4.69) is 37.4 Å². The summed E-state index contributed by atoms with van der Waals surface area (Å²) >= 11 is 0. The highest BCUT2D eigenvalue weighted by atomic mass is 16.6. The van der Waals surface area contributed by atoms with E-state index in [1.807, 2.05) is 30.3 Å². The maximum Gasteiger partial charge on any atom is 0.343 e. The van der Waals surface area contributed by atoms with E-state index in [4.69, 9.17) is 4.74 Å². The molecule has 1 unspecified atom stereocenters. The lowest BCUT2D eigenvalue weighted by molar-refractivity contribution is -0.914. The van der Waals surface area contributed by atoms with E-state index in [0.29, 0.717) is 5.56 Å². The van der Waals surface area contributed by atoms with Crippen LogP contribution in [-0.2, 0) is 21.6 Å². The maximum absolute atomic E-state index is 13.4. The summed E-state index contributed by atoms with van der Waals surface area (Å²) in [6.07, 6.45) is 7.72. The Bertz CT molecular complexity index is 855. The first kappa shape index (κ1) is 23.0. The van der Waals surface area contributed by atoms with Gasteiger partial charge in [0.25, 0.3) is 0 Å². The minimum absolute atomic E-state index is 0.0679. The predicted octanol–water partition coefficient (Wildman–Crippen LogP) is 4.85. The number of ether oxygens (including phenoxy) is 1. The van der Waals surface area contributed by atoms with Gasteiger partial charge in [-0.3, -0.25) is 0 Å². The number of carbonyl (C=O) groups is 1. The van der Waals surface area contributed by atoms with Crippen molar-refractivity contribution in [2.24, 2.45) is 5.92 Å². The second kappa shape index (κ2) is 10.2. The minimum Gasteiger partial charge on any atom is -0.460 e. The fraction of sp³-hybridized carbons (Fsp3) is 0.536. The van der Waals surface area contributed by atoms with Crippen molar-refractivity contribution in [2.75, 3.05) is 26.7 Å². The fourth-order valence-electron chi connectivity index (χ4n) is 5.53. The Kier molecular flexibility index (Phi) is 7.32. The molecule has 4 rings (SSSR count). The Morgan fingerprint density at radius 3 is 2.16 bits per heavy atom. The van der Waals surface area contributed by atoms with Crippen molar-refractivity contribution in [2.45, 2.75) is 63.1 Å². The molecule has 1 saturated carbocycles. The zero-order valence-electron chi connectivity index (χ0n) is 19.4. The normalized spacial score (nSPS) is 26.2. The number of piperidine rings is 1. The Morgan fingerprint density at radius 2 is 1.53 bits per heavy atom. The van der Waals surface area contributed by atoms with Crippen molar-refractivity contribution in [1.82, 2.24) is 0 Å². The molecule has 0 radical (unpaired) electrons. The van der Waals surface area contributed by atoms with Gasteiger partial charge in [-0.2, -0.15) is 0 Å². The molecule has 1 saturated heterocycles. The number of carbonyl (C=O) groups excluding carboxylic acids is 1. The summed E-state index contributed by atoms with van der Waals surface area (Å²) in [6.45, 7) is 3.09. The van der Waals surface area contributed by atoms with Gasteiger partial charge in [-0.25, -0.2) is 4.79 Å². The van der Waals surface area contributed by atoms with Crippen molar-refractivity contribution in [3.8, 4) is 0 Å². The van der Waals surface area contributed by atoms with E-state index in [9.17, 15) is 9.90 Å². The summed E-state index contributed by atoms with van der Waals surface area (Å²) in [5.41, 5.74) is 0.516. The molecule has 0 aromatic heterocycles. The Balaban J connectivity index is 1.38. The lowest BCUT2D eigenvalue weighted by Crippen LogP contribution is -2.53. The zero-order valence-corrected chi connectivity index (χ0v) is 19.4. The number of nitrogens with zero attached hydrogens (tertiary/aromatic N) is 1. The molecule has 172 valence electrons. The van der Waals surface area contributed by atoms with Gasteiger partial charge in [-0.05, 0) is 24.0 Å². The summed E-state index contributed by atoms with van der Waals surface area (Å²) in [4.78, 5) is 13.4. The lowest BCUT2D eigenvalue weighted by atomic mass is 9.73. The molecule has 1 N–H and O–H groups in total. The van der Waals surface area contributed by atoms with Crippen LogP contribution in [0.2, 0.25) is 0 Å². The van der Waals surface area contributed by atoms with Crippen LogP contribution in [0.5, 0.6) is 0 Å². The number of hydrogen-bond donors (Lipinski definition) is 1. The van der Waals surface area contributed by atoms with E-state index in [-0.39, 0.29) is 12.0 Å². The second-order valence-electron chi connectivity index (χ2n) is 10.1. The summed E-state index contributed by atoms with van der Waals surface area (Å²) in [6, 6.07) is 20.1. The third kappa shape index (κ3) is 5.24. The number of rotatable bonds is 7. The predicted molar refractivity (Wildman–Crippen MR) is 127 cm³/mol. The first-order valence-corrected chi connectivity index (χ1v) is 12.4. The van der Waals surface area contributed by atoms with Gasteiger partial charge in [0, 0.05) is 25.2 Å². The van der Waals surface area contributed by atoms with Crippen LogP contribution in [0.25, 0.3) is 0 Å². The van der Waals surface area contributed by atoms with Crippen molar-refractivity contribution in [3.05, 3.63) is 71.8 Å². The molecule has 1 aliphatic heterocycles. The summed E-state index contributed by atoms with van der Waals surface area (Å²) in [5.74, 6) is -0.511. The third-order valence-electron chi connectivity index (χ3n) is 7.76. The largest absolute Gasteiger partial charge is 0.460 e. The number of esters is 1. The van der Waals surface area contributed by atoms with Crippen molar-refractivity contribution in [3.63, 3.8) is 0 Å². The second-order valence-corrected chi connectivity index (χ2v) is 10.1. The number of hydrogen-bond acceptors (Lipinski definition) is 3. The molecule has 0 bridgehead atoms. The highest BCUT2D eigenvalue weighted by Gasteiger charge is 2.48. The van der Waals surface area contributed by atoms with Crippen LogP contribution >= 0.6 is 0 Å². The van der Waals surface area contributed by atoms with Gasteiger partial charge in [-0.15, -0.1) is 0 Å². The van der Waals surface area contributed by atoms with Crippen molar-refractivity contribution < 1.29 is 19.1 Å². The molecule has 32 heavy (non-hydrogen) atoms. The van der Waals surface area contributed by atoms with Crippen LogP contribution in [0, 0.1) is 5.92 Å². The number of benzene rings is 2. The molecule has 2 aliphatic rings. The Morgan fingerprint density at radius 1 is 0.938 bits per heavy atom. The molecule has 2 aromatic rings. The van der Waals surface area contributed by atoms with Gasteiger partial charge in [0.15, 0.2) is 5.60 Å². The van der Waals surface area contributed by atoms with Gasteiger partial charge >= 0.3 is 5.97 Å². The maximum atomic E-state index is 13.4. The highest BCUT2D eigenvalue weighted by molar-refractivity contribution is 5.81. The summed E-state index contributed by atoms with van der Waals surface area (Å²) in [5, 5.41) is 11.7. The topological polar surface area (TPSA) is 46.5 Å². The van der Waals surface area contributed by atoms with Crippen LogP contribution < -0.4 is 0 Å². The molecule has 2 fully saturated rings. The van der Waals surface area contributed by atoms with E-state index < -0.39 is 11.6 Å². The quantitative estimate of drug-likeness (QED) is 0.499.